The molecule has 0 aliphatic carbocycles. The van der Waals surface area contributed by atoms with Crippen LogP contribution < -0.4 is 21.5 Å². The van der Waals surface area contributed by atoms with Gasteiger partial charge in [-0.2, -0.15) is 0 Å². The highest BCUT2D eigenvalue weighted by atomic mass is 35.5. The third kappa shape index (κ3) is 3.29. The summed E-state index contributed by atoms with van der Waals surface area (Å²) in [7, 11) is 0. The third-order valence-corrected chi connectivity index (χ3v) is 5.34. The average Bonchev–Trinajstić information content (AvgIpc) is 2.69. The molecule has 0 spiro atoms. The molecule has 1 aromatic heterocycles. The minimum Gasteiger partial charge on any atom is -0.324 e. The van der Waals surface area contributed by atoms with Gasteiger partial charge in [-0.25, -0.2) is 9.36 Å². The Bertz CT molecular complexity index is 1070. The highest BCUT2D eigenvalue weighted by Crippen LogP contribution is 2.19. The lowest BCUT2D eigenvalue weighted by molar-refractivity contribution is -0.941. The van der Waals surface area contributed by atoms with Gasteiger partial charge in [0.05, 0.1) is 5.69 Å². The van der Waals surface area contributed by atoms with Crippen molar-refractivity contribution in [2.45, 2.75) is 19.5 Å². The Morgan fingerprint density at radius 1 is 1.07 bits per heavy atom. The number of anilines is 1. The van der Waals surface area contributed by atoms with Gasteiger partial charge >= 0.3 is 5.69 Å². The number of nitrogens with zero attached hydrogens (tertiary/aromatic N) is 1. The summed E-state index contributed by atoms with van der Waals surface area (Å²) in [4.78, 5) is 28.6. The lowest BCUT2D eigenvalue weighted by atomic mass is 10.1. The van der Waals surface area contributed by atoms with Gasteiger partial charge in [-0.15, -0.1) is 0 Å². The molecule has 138 valence electrons. The normalized spacial score (nSPS) is 17.0. The summed E-state index contributed by atoms with van der Waals surface area (Å²) < 4.78 is 1.50. The zero-order chi connectivity index (χ0) is 19.0. The van der Waals surface area contributed by atoms with Crippen LogP contribution in [-0.4, -0.2) is 16.2 Å². The molecular weight excluding hydrogens is 364 g/mol. The van der Waals surface area contributed by atoms with E-state index in [0.29, 0.717) is 35.3 Å². The second-order valence-electron chi connectivity index (χ2n) is 6.72. The first kappa shape index (κ1) is 17.6. The molecule has 0 amide bonds. The number of benzene rings is 2. The lowest BCUT2D eigenvalue weighted by Crippen LogP contribution is -3.12. The van der Waals surface area contributed by atoms with E-state index < -0.39 is 5.69 Å². The maximum Gasteiger partial charge on any atom is 0.334 e. The van der Waals surface area contributed by atoms with Gasteiger partial charge in [-0.05, 0) is 31.2 Å². The molecule has 7 heteroatoms. The van der Waals surface area contributed by atoms with Crippen LogP contribution in [0.4, 0.5) is 5.82 Å². The fourth-order valence-corrected chi connectivity index (χ4v) is 3.66. The number of hydrogen-bond donors (Lipinski definition) is 3. The summed E-state index contributed by atoms with van der Waals surface area (Å²) in [5, 5.41) is 3.89. The fourth-order valence-electron chi connectivity index (χ4n) is 3.53. The number of rotatable bonds is 3. The summed E-state index contributed by atoms with van der Waals surface area (Å²) in [5.74, 6) is 0.551. The number of hydrogen-bond acceptors (Lipinski definition) is 3. The Balaban J connectivity index is 1.74. The largest absolute Gasteiger partial charge is 0.334 e. The maximum absolute atomic E-state index is 12.5. The number of fused-ring (bicyclic) bond motifs is 1. The monoisotopic (exact) mass is 383 g/mol. The summed E-state index contributed by atoms with van der Waals surface area (Å²) in [6.45, 7) is 3.28. The molecule has 1 unspecified atom stereocenters. The number of aromatic amines is 1. The van der Waals surface area contributed by atoms with E-state index in [-0.39, 0.29) is 11.6 Å². The average molecular weight is 384 g/mol. The molecule has 3 aromatic rings. The van der Waals surface area contributed by atoms with E-state index in [4.69, 9.17) is 11.6 Å². The predicted molar refractivity (Wildman–Crippen MR) is 106 cm³/mol. The first-order valence-electron chi connectivity index (χ1n) is 8.82. The highest BCUT2D eigenvalue weighted by molar-refractivity contribution is 6.30. The van der Waals surface area contributed by atoms with E-state index in [1.807, 2.05) is 18.2 Å². The van der Waals surface area contributed by atoms with Crippen LogP contribution >= 0.6 is 11.6 Å². The quantitative estimate of drug-likeness (QED) is 0.644. The molecule has 1 aliphatic heterocycles. The van der Waals surface area contributed by atoms with E-state index in [1.54, 1.807) is 24.3 Å². The fraction of sp³-hybridized carbons (Fsp3) is 0.200. The summed E-state index contributed by atoms with van der Waals surface area (Å²) >= 11 is 5.96. The Morgan fingerprint density at radius 2 is 1.78 bits per heavy atom. The SMILES string of the molecule is C[C@H](c1ccccc1)[NH+]1CNc2c(c(=O)[nH]c(=O)n2-c2ccc(Cl)cc2)C1. The zero-order valence-electron chi connectivity index (χ0n) is 14.8. The minimum absolute atomic E-state index is 0.210. The van der Waals surface area contributed by atoms with Crippen LogP contribution in [0.25, 0.3) is 5.69 Å². The summed E-state index contributed by atoms with van der Waals surface area (Å²) in [6.07, 6.45) is 0. The van der Waals surface area contributed by atoms with Crippen LogP contribution in [0, 0.1) is 0 Å². The van der Waals surface area contributed by atoms with Gasteiger partial charge in [0.1, 0.15) is 24.0 Å². The Hall–Kier alpha value is -2.83. The van der Waals surface area contributed by atoms with Gasteiger partial charge in [-0.1, -0.05) is 41.9 Å². The zero-order valence-corrected chi connectivity index (χ0v) is 15.6. The molecule has 0 saturated carbocycles. The third-order valence-electron chi connectivity index (χ3n) is 5.09. The van der Waals surface area contributed by atoms with Crippen molar-refractivity contribution in [2.24, 2.45) is 0 Å². The number of halogens is 1. The maximum atomic E-state index is 12.5. The van der Waals surface area contributed by atoms with Crippen LogP contribution in [0.5, 0.6) is 0 Å². The van der Waals surface area contributed by atoms with Crippen molar-refractivity contribution in [3.8, 4) is 5.69 Å². The van der Waals surface area contributed by atoms with Crippen molar-refractivity contribution in [1.29, 1.82) is 0 Å². The van der Waals surface area contributed by atoms with Crippen LogP contribution in [0.3, 0.4) is 0 Å². The molecule has 2 heterocycles. The molecule has 27 heavy (non-hydrogen) atoms. The summed E-state index contributed by atoms with van der Waals surface area (Å²) in [6, 6.07) is 17.4. The van der Waals surface area contributed by atoms with Crippen molar-refractivity contribution >= 4 is 17.4 Å². The first-order valence-corrected chi connectivity index (χ1v) is 9.20. The van der Waals surface area contributed by atoms with Crippen molar-refractivity contribution in [3.05, 3.63) is 91.6 Å². The number of H-pyrrole nitrogens is 1. The summed E-state index contributed by atoms with van der Waals surface area (Å²) in [5.41, 5.74) is 1.64. The van der Waals surface area contributed by atoms with Gasteiger partial charge in [0.25, 0.3) is 5.56 Å². The molecular formula is C20H20ClN4O2+. The molecule has 2 aromatic carbocycles. The van der Waals surface area contributed by atoms with E-state index >= 15 is 0 Å². The Labute approximate surface area is 161 Å². The molecule has 1 aliphatic rings. The van der Waals surface area contributed by atoms with Crippen molar-refractivity contribution in [2.75, 3.05) is 12.0 Å². The standard InChI is InChI=1S/C20H19ClN4O2/c1-13(14-5-3-2-4-6-14)24-11-17-18(22-12-24)25(20(27)23-19(17)26)16-9-7-15(21)8-10-16/h2-10,13,22H,11-12H2,1H3,(H,23,26,27)/p+1/t13-/m1/s1. The van der Waals surface area contributed by atoms with Gasteiger partial charge in [0.15, 0.2) is 6.67 Å². The molecule has 0 fully saturated rings. The smallest absolute Gasteiger partial charge is 0.324 e. The number of nitrogens with one attached hydrogen (secondary N) is 3. The molecule has 4 rings (SSSR count). The van der Waals surface area contributed by atoms with E-state index in [1.165, 1.54) is 15.0 Å². The van der Waals surface area contributed by atoms with Crippen molar-refractivity contribution < 1.29 is 4.90 Å². The van der Waals surface area contributed by atoms with Gasteiger partial charge < -0.3 is 10.2 Å². The molecule has 2 atom stereocenters. The molecule has 6 nitrogen and oxygen atoms in total. The van der Waals surface area contributed by atoms with Gasteiger partial charge in [-0.3, -0.25) is 9.78 Å². The molecule has 0 radical (unpaired) electrons. The molecule has 0 bridgehead atoms. The van der Waals surface area contributed by atoms with Crippen molar-refractivity contribution in [1.82, 2.24) is 9.55 Å². The van der Waals surface area contributed by atoms with Crippen molar-refractivity contribution in [3.63, 3.8) is 0 Å². The Kier molecular flexibility index (Phi) is 4.59. The van der Waals surface area contributed by atoms with Crippen LogP contribution in [-0.2, 0) is 6.54 Å². The van der Waals surface area contributed by atoms with Crippen LogP contribution in [0.15, 0.2) is 64.2 Å². The van der Waals surface area contributed by atoms with Gasteiger partial charge in [0, 0.05) is 10.6 Å². The van der Waals surface area contributed by atoms with Gasteiger partial charge in [0.2, 0.25) is 0 Å². The number of quaternary nitrogens is 1. The first-order chi connectivity index (χ1) is 13.0. The lowest BCUT2D eigenvalue weighted by Gasteiger charge is -2.32. The molecule has 0 saturated heterocycles. The number of aromatic nitrogens is 2. The van der Waals surface area contributed by atoms with E-state index in [2.05, 4.69) is 29.4 Å². The predicted octanol–water partition coefficient (Wildman–Crippen LogP) is 1.71. The topological polar surface area (TPSA) is 71.3 Å². The van der Waals surface area contributed by atoms with Crippen LogP contribution in [0.1, 0.15) is 24.1 Å². The second kappa shape index (κ2) is 7.06. The minimum atomic E-state index is -0.465. The van der Waals surface area contributed by atoms with Crippen LogP contribution in [0.2, 0.25) is 5.02 Å². The Morgan fingerprint density at radius 3 is 2.48 bits per heavy atom. The molecule has 3 N–H and O–H groups in total. The second-order valence-corrected chi connectivity index (χ2v) is 7.16. The highest BCUT2D eigenvalue weighted by Gasteiger charge is 2.29. The van der Waals surface area contributed by atoms with E-state index in [0.717, 1.165) is 0 Å². The van der Waals surface area contributed by atoms with E-state index in [9.17, 15) is 9.59 Å².